The van der Waals surface area contributed by atoms with Crippen molar-refractivity contribution in [3.8, 4) is 5.69 Å². The van der Waals surface area contributed by atoms with E-state index in [2.05, 4.69) is 4.98 Å². The van der Waals surface area contributed by atoms with Gasteiger partial charge < -0.3 is 5.11 Å². The molecule has 2 N–H and O–H groups in total. The fraction of sp³-hybridized carbons (Fsp3) is 0. The molecule has 4 nitrogen and oxygen atoms in total. The molecule has 0 aliphatic carbocycles. The Labute approximate surface area is 103 Å². The summed E-state index contributed by atoms with van der Waals surface area (Å²) in [7, 11) is 0. The number of carbonyl (C=O) groups is 1. The molecule has 88 valence electrons. The molecule has 0 amide bonds. The molecule has 0 unspecified atom stereocenters. The molecule has 1 aromatic heterocycles. The number of aromatic nitrogens is 2. The molecule has 0 aliphatic rings. The number of carboxylic acids is 1. The summed E-state index contributed by atoms with van der Waals surface area (Å²) in [5, 5.41) is 9.13. The summed E-state index contributed by atoms with van der Waals surface area (Å²) in [6.07, 6.45) is 1.77. The quantitative estimate of drug-likeness (QED) is 0.673. The van der Waals surface area contributed by atoms with Crippen LogP contribution >= 0.6 is 0 Å². The van der Waals surface area contributed by atoms with Crippen molar-refractivity contribution in [2.24, 2.45) is 0 Å². The molecule has 3 aromatic rings. The van der Waals surface area contributed by atoms with E-state index in [-0.39, 0.29) is 5.56 Å². The number of hydrogen-bond acceptors (Lipinski definition) is 1. The minimum atomic E-state index is -0.928. The Bertz CT molecular complexity index is 717. The Morgan fingerprint density at radius 1 is 1.06 bits per heavy atom. The fourth-order valence-electron chi connectivity index (χ4n) is 2.07. The minimum absolute atomic E-state index is 0.280. The standard InChI is InChI=1S/C14H10N2O2/c17-14(18)11-7-4-8-12-13(11)15-9-16(12)10-5-2-1-3-6-10/h1-9H,(H,17,18)/p+1. The number of para-hydroxylation sites is 2. The largest absolute Gasteiger partial charge is 0.478 e. The summed E-state index contributed by atoms with van der Waals surface area (Å²) in [6, 6.07) is 15.0. The van der Waals surface area contributed by atoms with Crippen molar-refractivity contribution < 1.29 is 14.5 Å². The lowest BCUT2D eigenvalue weighted by Gasteiger charge is -1.97. The molecule has 0 fully saturated rings. The molecule has 0 radical (unpaired) electrons. The molecule has 0 aliphatic heterocycles. The summed E-state index contributed by atoms with van der Waals surface area (Å²) < 4.78 is 1.93. The van der Waals surface area contributed by atoms with Gasteiger partial charge in [-0.2, -0.15) is 4.57 Å². The van der Waals surface area contributed by atoms with Crippen molar-refractivity contribution in [1.82, 2.24) is 4.98 Å². The van der Waals surface area contributed by atoms with Gasteiger partial charge in [-0.25, -0.2) is 9.78 Å². The highest BCUT2D eigenvalue weighted by molar-refractivity contribution is 5.99. The van der Waals surface area contributed by atoms with E-state index in [0.29, 0.717) is 5.52 Å². The van der Waals surface area contributed by atoms with Crippen LogP contribution in [0.5, 0.6) is 0 Å². The lowest BCUT2D eigenvalue weighted by atomic mass is 10.2. The lowest BCUT2D eigenvalue weighted by molar-refractivity contribution is -0.567. The Hall–Kier alpha value is -2.62. The minimum Gasteiger partial charge on any atom is -0.478 e. The van der Waals surface area contributed by atoms with Gasteiger partial charge in [-0.3, -0.25) is 0 Å². The Balaban J connectivity index is 2.28. The second-order valence-electron chi connectivity index (χ2n) is 3.98. The van der Waals surface area contributed by atoms with Gasteiger partial charge in [0.2, 0.25) is 6.33 Å². The van der Waals surface area contributed by atoms with Crippen LogP contribution in [0.2, 0.25) is 0 Å². The van der Waals surface area contributed by atoms with Gasteiger partial charge in [0.05, 0.1) is 0 Å². The molecule has 0 saturated carbocycles. The molecule has 0 spiro atoms. The van der Waals surface area contributed by atoms with Crippen LogP contribution in [0.4, 0.5) is 0 Å². The smallest absolute Gasteiger partial charge is 0.340 e. The predicted octanol–water partition coefficient (Wildman–Crippen LogP) is 2.14. The average molecular weight is 239 g/mol. The van der Waals surface area contributed by atoms with Gasteiger partial charge in [0.15, 0.2) is 11.0 Å². The number of imidazole rings is 1. The molecule has 2 aromatic carbocycles. The van der Waals surface area contributed by atoms with Crippen LogP contribution in [0.15, 0.2) is 54.9 Å². The SMILES string of the molecule is O=C(O)c1cccc2c1[nH]c[n+]2-c1ccccc1. The predicted molar refractivity (Wildman–Crippen MR) is 66.8 cm³/mol. The van der Waals surface area contributed by atoms with E-state index < -0.39 is 5.97 Å². The van der Waals surface area contributed by atoms with Crippen molar-refractivity contribution in [2.75, 3.05) is 0 Å². The van der Waals surface area contributed by atoms with E-state index >= 15 is 0 Å². The van der Waals surface area contributed by atoms with Crippen LogP contribution < -0.4 is 4.57 Å². The number of benzene rings is 2. The number of H-pyrrole nitrogens is 1. The molecule has 3 rings (SSSR count). The van der Waals surface area contributed by atoms with E-state index in [4.69, 9.17) is 5.11 Å². The van der Waals surface area contributed by atoms with E-state index in [1.807, 2.05) is 41.0 Å². The maximum absolute atomic E-state index is 11.1. The number of aromatic amines is 1. The molecule has 18 heavy (non-hydrogen) atoms. The van der Waals surface area contributed by atoms with Crippen molar-refractivity contribution >= 4 is 17.0 Å². The van der Waals surface area contributed by atoms with Crippen LogP contribution in [0.1, 0.15) is 10.4 Å². The number of rotatable bonds is 2. The number of fused-ring (bicyclic) bond motifs is 1. The number of hydrogen-bond donors (Lipinski definition) is 2. The molecule has 1 heterocycles. The molecule has 4 heteroatoms. The van der Waals surface area contributed by atoms with E-state index in [9.17, 15) is 4.79 Å². The summed E-state index contributed by atoms with van der Waals surface area (Å²) >= 11 is 0. The number of nitrogens with zero attached hydrogens (tertiary/aromatic N) is 1. The molecular weight excluding hydrogens is 228 g/mol. The van der Waals surface area contributed by atoms with Gasteiger partial charge in [-0.15, -0.1) is 0 Å². The fourth-order valence-corrected chi connectivity index (χ4v) is 2.07. The first-order valence-corrected chi connectivity index (χ1v) is 5.58. The van der Waals surface area contributed by atoms with Gasteiger partial charge in [0.1, 0.15) is 11.3 Å². The zero-order valence-corrected chi connectivity index (χ0v) is 9.50. The third kappa shape index (κ3) is 1.55. The third-order valence-corrected chi connectivity index (χ3v) is 2.90. The van der Waals surface area contributed by atoms with Crippen LogP contribution in [-0.2, 0) is 0 Å². The second-order valence-corrected chi connectivity index (χ2v) is 3.98. The van der Waals surface area contributed by atoms with Crippen molar-refractivity contribution in [3.05, 3.63) is 60.4 Å². The second kappa shape index (κ2) is 4.00. The van der Waals surface area contributed by atoms with E-state index in [0.717, 1.165) is 11.2 Å². The summed E-state index contributed by atoms with van der Waals surface area (Å²) in [5.41, 5.74) is 2.75. The Kier molecular flexibility index (Phi) is 2.34. The first kappa shape index (κ1) is 10.5. The van der Waals surface area contributed by atoms with Gasteiger partial charge in [0.25, 0.3) is 0 Å². The van der Waals surface area contributed by atoms with E-state index in [1.54, 1.807) is 18.5 Å². The highest BCUT2D eigenvalue weighted by atomic mass is 16.4. The highest BCUT2D eigenvalue weighted by Gasteiger charge is 2.18. The maximum Gasteiger partial charge on any atom is 0.340 e. The molecule has 0 saturated heterocycles. The summed E-state index contributed by atoms with van der Waals surface area (Å²) in [5.74, 6) is -0.928. The van der Waals surface area contributed by atoms with Crippen molar-refractivity contribution in [3.63, 3.8) is 0 Å². The topological polar surface area (TPSA) is 57.0 Å². The van der Waals surface area contributed by atoms with Crippen molar-refractivity contribution in [1.29, 1.82) is 0 Å². The van der Waals surface area contributed by atoms with Gasteiger partial charge in [-0.1, -0.05) is 24.3 Å². The van der Waals surface area contributed by atoms with Crippen LogP contribution in [0.25, 0.3) is 16.7 Å². The van der Waals surface area contributed by atoms with Gasteiger partial charge in [-0.05, 0) is 24.3 Å². The highest BCUT2D eigenvalue weighted by Crippen LogP contribution is 2.15. The summed E-state index contributed by atoms with van der Waals surface area (Å²) in [4.78, 5) is 14.2. The number of carboxylic acid groups (broad SMARTS) is 1. The Morgan fingerprint density at radius 2 is 1.83 bits per heavy atom. The normalized spacial score (nSPS) is 10.7. The average Bonchev–Trinajstić information content (AvgIpc) is 2.83. The zero-order chi connectivity index (χ0) is 12.5. The molecular formula is C14H11N2O2+. The van der Waals surface area contributed by atoms with Crippen molar-refractivity contribution in [2.45, 2.75) is 0 Å². The van der Waals surface area contributed by atoms with Gasteiger partial charge in [0, 0.05) is 0 Å². The number of aromatic carboxylic acids is 1. The third-order valence-electron chi connectivity index (χ3n) is 2.90. The van der Waals surface area contributed by atoms with Gasteiger partial charge >= 0.3 is 5.97 Å². The van der Waals surface area contributed by atoms with Crippen LogP contribution in [0, 0.1) is 0 Å². The van der Waals surface area contributed by atoms with E-state index in [1.165, 1.54) is 0 Å². The van der Waals surface area contributed by atoms with Crippen LogP contribution in [-0.4, -0.2) is 16.1 Å². The molecule has 0 atom stereocenters. The molecule has 0 bridgehead atoms. The number of nitrogens with one attached hydrogen (secondary N) is 1. The monoisotopic (exact) mass is 239 g/mol. The first-order valence-electron chi connectivity index (χ1n) is 5.58. The zero-order valence-electron chi connectivity index (χ0n) is 9.50. The van der Waals surface area contributed by atoms with Crippen LogP contribution in [0.3, 0.4) is 0 Å². The lowest BCUT2D eigenvalue weighted by Crippen LogP contribution is -2.28. The Morgan fingerprint density at radius 3 is 2.56 bits per heavy atom. The maximum atomic E-state index is 11.1. The summed E-state index contributed by atoms with van der Waals surface area (Å²) in [6.45, 7) is 0. The first-order chi connectivity index (χ1) is 8.77.